The van der Waals surface area contributed by atoms with E-state index in [1.165, 1.54) is 63.1 Å². The minimum Gasteiger partial charge on any atom is -0.303 e. The lowest BCUT2D eigenvalue weighted by Crippen LogP contribution is -2.35. The predicted octanol–water partition coefficient (Wildman–Crippen LogP) is 3.48. The second-order valence-corrected chi connectivity index (χ2v) is 7.37. The lowest BCUT2D eigenvalue weighted by Gasteiger charge is -2.33. The molecule has 1 aliphatic heterocycles. The lowest BCUT2D eigenvalue weighted by atomic mass is 9.91. The van der Waals surface area contributed by atoms with E-state index in [2.05, 4.69) is 47.8 Å². The number of aromatic nitrogens is 2. The molecule has 1 aromatic rings. The van der Waals surface area contributed by atoms with Crippen LogP contribution in [-0.4, -0.2) is 53.2 Å². The molecule has 0 aliphatic carbocycles. The van der Waals surface area contributed by atoms with E-state index in [1.54, 1.807) is 0 Å². The number of H-pyrrole nitrogens is 1. The Hall–Kier alpha value is -0.870. The van der Waals surface area contributed by atoms with Gasteiger partial charge in [0.15, 0.2) is 0 Å². The summed E-state index contributed by atoms with van der Waals surface area (Å²) in [6.45, 7) is 12.8. The van der Waals surface area contributed by atoms with Crippen LogP contribution in [0.1, 0.15) is 63.6 Å². The van der Waals surface area contributed by atoms with E-state index in [9.17, 15) is 0 Å². The van der Waals surface area contributed by atoms with Gasteiger partial charge in [0.2, 0.25) is 0 Å². The summed E-state index contributed by atoms with van der Waals surface area (Å²) in [6.07, 6.45) is 7.10. The predicted molar refractivity (Wildman–Crippen MR) is 93.1 cm³/mol. The van der Waals surface area contributed by atoms with Gasteiger partial charge in [-0.25, -0.2) is 0 Å². The van der Waals surface area contributed by atoms with Gasteiger partial charge in [0, 0.05) is 30.3 Å². The maximum atomic E-state index is 4.33. The zero-order valence-corrected chi connectivity index (χ0v) is 14.9. The molecule has 1 fully saturated rings. The highest BCUT2D eigenvalue weighted by molar-refractivity contribution is 5.21. The average molecular weight is 306 g/mol. The van der Waals surface area contributed by atoms with Crippen molar-refractivity contribution in [3.05, 3.63) is 17.5 Å². The van der Waals surface area contributed by atoms with Gasteiger partial charge in [0.25, 0.3) is 0 Å². The van der Waals surface area contributed by atoms with E-state index in [0.717, 1.165) is 12.5 Å². The highest BCUT2D eigenvalue weighted by atomic mass is 15.2. The maximum Gasteiger partial charge on any atom is 0.0535 e. The van der Waals surface area contributed by atoms with Crippen molar-refractivity contribution in [2.45, 2.75) is 58.9 Å². The summed E-state index contributed by atoms with van der Waals surface area (Å²) in [5.74, 6) is 1.44. The van der Waals surface area contributed by atoms with Crippen molar-refractivity contribution in [1.82, 2.24) is 20.0 Å². The molecule has 4 nitrogen and oxygen atoms in total. The molecule has 0 bridgehead atoms. The van der Waals surface area contributed by atoms with Crippen LogP contribution in [0, 0.1) is 5.92 Å². The molecule has 1 aliphatic rings. The Labute approximate surface area is 136 Å². The fraction of sp³-hybridized carbons (Fsp3) is 0.833. The number of aromatic amines is 1. The van der Waals surface area contributed by atoms with Crippen LogP contribution in [0.4, 0.5) is 0 Å². The van der Waals surface area contributed by atoms with Crippen molar-refractivity contribution >= 4 is 0 Å². The summed E-state index contributed by atoms with van der Waals surface area (Å²) in [5, 5.41) is 7.63. The van der Waals surface area contributed by atoms with Gasteiger partial charge in [-0.1, -0.05) is 27.2 Å². The molecule has 0 spiro atoms. The molecule has 0 atom stereocenters. The number of nitrogens with zero attached hydrogens (tertiary/aromatic N) is 3. The first-order valence-electron chi connectivity index (χ1n) is 9.03. The topological polar surface area (TPSA) is 35.2 Å². The molecule has 1 N–H and O–H groups in total. The Morgan fingerprint density at radius 1 is 1.36 bits per heavy atom. The van der Waals surface area contributed by atoms with Gasteiger partial charge in [-0.15, -0.1) is 0 Å². The highest BCUT2D eigenvalue weighted by Gasteiger charge is 2.24. The Bertz CT molecular complexity index is 418. The molecular formula is C18H34N4. The van der Waals surface area contributed by atoms with Crippen LogP contribution in [-0.2, 0) is 6.54 Å². The fourth-order valence-corrected chi connectivity index (χ4v) is 3.52. The van der Waals surface area contributed by atoms with Gasteiger partial charge in [-0.3, -0.25) is 5.10 Å². The Morgan fingerprint density at radius 3 is 2.73 bits per heavy atom. The third kappa shape index (κ3) is 5.10. The summed E-state index contributed by atoms with van der Waals surface area (Å²) < 4.78 is 0. The third-order valence-corrected chi connectivity index (χ3v) is 4.70. The number of likely N-dealkylation sites (tertiary alicyclic amines) is 1. The van der Waals surface area contributed by atoms with E-state index in [0.29, 0.717) is 5.92 Å². The molecule has 1 aromatic heterocycles. The number of rotatable bonds is 8. The molecule has 0 amide bonds. The number of hydrogen-bond donors (Lipinski definition) is 1. The Morgan fingerprint density at radius 2 is 2.09 bits per heavy atom. The van der Waals surface area contributed by atoms with Gasteiger partial charge in [-0.05, 0) is 51.9 Å². The van der Waals surface area contributed by atoms with Crippen LogP contribution in [0.3, 0.4) is 0 Å². The number of piperidine rings is 1. The van der Waals surface area contributed by atoms with Crippen LogP contribution < -0.4 is 0 Å². The lowest BCUT2D eigenvalue weighted by molar-refractivity contribution is 0.190. The Balaban J connectivity index is 1.87. The molecule has 0 aromatic carbocycles. The molecule has 126 valence electrons. The first kappa shape index (κ1) is 17.5. The molecular weight excluding hydrogens is 272 g/mol. The number of unbranched alkanes of at least 4 members (excludes halogenated alkanes) is 1. The Kier molecular flexibility index (Phi) is 6.90. The van der Waals surface area contributed by atoms with Crippen LogP contribution >= 0.6 is 0 Å². The van der Waals surface area contributed by atoms with Crippen LogP contribution in [0.5, 0.6) is 0 Å². The normalized spacial score (nSPS) is 17.7. The third-order valence-electron chi connectivity index (χ3n) is 4.70. The summed E-state index contributed by atoms with van der Waals surface area (Å²) >= 11 is 0. The maximum absolute atomic E-state index is 4.33. The fourth-order valence-electron chi connectivity index (χ4n) is 3.52. The minimum atomic E-state index is 0.667. The molecule has 0 radical (unpaired) electrons. The monoisotopic (exact) mass is 306 g/mol. The number of hydrogen-bond acceptors (Lipinski definition) is 3. The van der Waals surface area contributed by atoms with Crippen molar-refractivity contribution < 1.29 is 0 Å². The van der Waals surface area contributed by atoms with Gasteiger partial charge in [0.05, 0.1) is 6.20 Å². The van der Waals surface area contributed by atoms with Crippen molar-refractivity contribution in [3.63, 3.8) is 0 Å². The largest absolute Gasteiger partial charge is 0.303 e. The SMILES string of the molecule is CCCCN(C)Cc1cn[nH]c1C1CCN(CC(C)C)CC1. The number of nitrogens with one attached hydrogen (secondary N) is 1. The summed E-state index contributed by atoms with van der Waals surface area (Å²) in [6, 6.07) is 0. The zero-order valence-electron chi connectivity index (χ0n) is 14.9. The highest BCUT2D eigenvalue weighted by Crippen LogP contribution is 2.29. The second-order valence-electron chi connectivity index (χ2n) is 7.37. The molecule has 0 saturated carbocycles. The molecule has 0 unspecified atom stereocenters. The van der Waals surface area contributed by atoms with Crippen LogP contribution in [0.2, 0.25) is 0 Å². The molecule has 4 heteroatoms. The molecule has 22 heavy (non-hydrogen) atoms. The summed E-state index contributed by atoms with van der Waals surface area (Å²) in [7, 11) is 2.22. The quantitative estimate of drug-likeness (QED) is 0.798. The van der Waals surface area contributed by atoms with Crippen molar-refractivity contribution in [2.24, 2.45) is 5.92 Å². The van der Waals surface area contributed by atoms with Gasteiger partial charge >= 0.3 is 0 Å². The van der Waals surface area contributed by atoms with Crippen molar-refractivity contribution in [2.75, 3.05) is 33.2 Å². The van der Waals surface area contributed by atoms with Gasteiger partial charge < -0.3 is 9.80 Å². The van der Waals surface area contributed by atoms with E-state index < -0.39 is 0 Å². The van der Waals surface area contributed by atoms with E-state index in [4.69, 9.17) is 0 Å². The molecule has 2 rings (SSSR count). The summed E-state index contributed by atoms with van der Waals surface area (Å²) in [5.41, 5.74) is 2.80. The zero-order chi connectivity index (χ0) is 15.9. The van der Waals surface area contributed by atoms with E-state index in [-0.39, 0.29) is 0 Å². The molecule has 2 heterocycles. The first-order valence-corrected chi connectivity index (χ1v) is 9.03. The molecule has 1 saturated heterocycles. The minimum absolute atomic E-state index is 0.667. The summed E-state index contributed by atoms with van der Waals surface area (Å²) in [4.78, 5) is 5.04. The van der Waals surface area contributed by atoms with Crippen LogP contribution in [0.15, 0.2) is 6.20 Å². The average Bonchev–Trinajstić information content (AvgIpc) is 2.93. The second kappa shape index (κ2) is 8.68. The van der Waals surface area contributed by atoms with E-state index in [1.807, 2.05) is 6.20 Å². The van der Waals surface area contributed by atoms with E-state index >= 15 is 0 Å². The van der Waals surface area contributed by atoms with Crippen molar-refractivity contribution in [3.8, 4) is 0 Å². The standard InChI is InChI=1S/C18H34N4/c1-5-6-9-21(4)14-17-12-19-20-18(17)16-7-10-22(11-8-16)13-15(2)3/h12,15-16H,5-11,13-14H2,1-4H3,(H,19,20). The van der Waals surface area contributed by atoms with Gasteiger partial charge in [0.1, 0.15) is 0 Å². The van der Waals surface area contributed by atoms with Gasteiger partial charge in [-0.2, -0.15) is 5.10 Å². The first-order chi connectivity index (χ1) is 10.6. The van der Waals surface area contributed by atoms with Crippen LogP contribution in [0.25, 0.3) is 0 Å². The van der Waals surface area contributed by atoms with Crippen molar-refractivity contribution in [1.29, 1.82) is 0 Å². The smallest absolute Gasteiger partial charge is 0.0535 e.